The van der Waals surface area contributed by atoms with Gasteiger partial charge in [0.15, 0.2) is 0 Å². The first-order valence-corrected chi connectivity index (χ1v) is 9.84. The summed E-state index contributed by atoms with van der Waals surface area (Å²) in [6.45, 7) is 6.12. The molecule has 5 nitrogen and oxygen atoms in total. The van der Waals surface area contributed by atoms with Gasteiger partial charge in [-0.15, -0.1) is 11.8 Å². The molecule has 1 aromatic carbocycles. The number of amides is 2. The van der Waals surface area contributed by atoms with E-state index in [2.05, 4.69) is 0 Å². The largest absolute Gasteiger partial charge is 0.497 e. The van der Waals surface area contributed by atoms with E-state index in [4.69, 9.17) is 4.74 Å². The lowest BCUT2D eigenvalue weighted by Crippen LogP contribution is -2.54. The topological polar surface area (TPSA) is 49.9 Å². The lowest BCUT2D eigenvalue weighted by molar-refractivity contribution is -0.136. The Bertz CT molecular complexity index is 637. The molecule has 0 radical (unpaired) electrons. The van der Waals surface area contributed by atoms with Crippen LogP contribution in [0.5, 0.6) is 5.75 Å². The van der Waals surface area contributed by atoms with Gasteiger partial charge in [-0.25, -0.2) is 0 Å². The van der Waals surface area contributed by atoms with Gasteiger partial charge in [0.1, 0.15) is 5.75 Å². The first kappa shape index (κ1) is 18.1. The minimum atomic E-state index is -0.162. The van der Waals surface area contributed by atoms with E-state index in [0.29, 0.717) is 5.56 Å². The van der Waals surface area contributed by atoms with Crippen molar-refractivity contribution >= 4 is 23.6 Å². The highest BCUT2D eigenvalue weighted by Gasteiger charge is 2.47. The second-order valence-corrected chi connectivity index (χ2v) is 8.42. The van der Waals surface area contributed by atoms with Gasteiger partial charge in [0.2, 0.25) is 5.91 Å². The normalized spacial score (nSPS) is 19.5. The van der Waals surface area contributed by atoms with Gasteiger partial charge in [0, 0.05) is 36.9 Å². The van der Waals surface area contributed by atoms with Crippen molar-refractivity contribution in [2.45, 2.75) is 31.6 Å². The standard InChI is InChI=1S/C19H26N2O3S/c1-14(2)17(22)20-10-8-19(9-11-20)21(12-13-25-19)18(23)15-4-6-16(24-3)7-5-15/h4-7,14H,8-13H2,1-3H3. The van der Waals surface area contributed by atoms with E-state index in [9.17, 15) is 9.59 Å². The average Bonchev–Trinajstić information content (AvgIpc) is 3.04. The molecular formula is C19H26N2O3S. The Balaban J connectivity index is 1.72. The summed E-state index contributed by atoms with van der Waals surface area (Å²) in [5.41, 5.74) is 0.698. The zero-order valence-corrected chi connectivity index (χ0v) is 16.0. The summed E-state index contributed by atoms with van der Waals surface area (Å²) in [5.74, 6) is 2.03. The zero-order valence-electron chi connectivity index (χ0n) is 15.2. The lowest BCUT2D eigenvalue weighted by atomic mass is 9.99. The van der Waals surface area contributed by atoms with Crippen LogP contribution in [-0.2, 0) is 4.79 Å². The summed E-state index contributed by atoms with van der Waals surface area (Å²) < 4.78 is 5.17. The molecule has 0 N–H and O–H groups in total. The van der Waals surface area contributed by atoms with E-state index in [1.807, 2.05) is 59.7 Å². The van der Waals surface area contributed by atoms with Gasteiger partial charge in [0.05, 0.1) is 12.0 Å². The first-order chi connectivity index (χ1) is 12.0. The van der Waals surface area contributed by atoms with Crippen molar-refractivity contribution in [3.63, 3.8) is 0 Å². The fraction of sp³-hybridized carbons (Fsp3) is 0.579. The molecule has 3 rings (SSSR count). The first-order valence-electron chi connectivity index (χ1n) is 8.85. The number of hydrogen-bond donors (Lipinski definition) is 0. The Morgan fingerprint density at radius 3 is 2.32 bits per heavy atom. The maximum Gasteiger partial charge on any atom is 0.255 e. The molecule has 136 valence electrons. The van der Waals surface area contributed by atoms with Gasteiger partial charge in [-0.2, -0.15) is 0 Å². The maximum atomic E-state index is 13.0. The Morgan fingerprint density at radius 1 is 1.12 bits per heavy atom. The third kappa shape index (κ3) is 3.50. The van der Waals surface area contributed by atoms with Crippen LogP contribution in [-0.4, -0.2) is 59.0 Å². The molecule has 2 saturated heterocycles. The number of carbonyl (C=O) groups excluding carboxylic acids is 2. The van der Waals surface area contributed by atoms with E-state index in [1.54, 1.807) is 7.11 Å². The smallest absolute Gasteiger partial charge is 0.255 e. The Kier molecular flexibility index (Phi) is 5.27. The molecule has 0 aliphatic carbocycles. The predicted molar refractivity (Wildman–Crippen MR) is 99.9 cm³/mol. The van der Waals surface area contributed by atoms with Crippen LogP contribution in [0.3, 0.4) is 0 Å². The number of ether oxygens (including phenoxy) is 1. The number of hydrogen-bond acceptors (Lipinski definition) is 4. The molecular weight excluding hydrogens is 336 g/mol. The molecule has 2 heterocycles. The molecule has 1 aromatic rings. The number of piperidine rings is 1. The minimum absolute atomic E-state index is 0.0299. The van der Waals surface area contributed by atoms with E-state index in [-0.39, 0.29) is 22.6 Å². The molecule has 0 atom stereocenters. The van der Waals surface area contributed by atoms with Crippen molar-refractivity contribution in [1.29, 1.82) is 0 Å². The van der Waals surface area contributed by atoms with Crippen LogP contribution in [0.4, 0.5) is 0 Å². The number of carbonyl (C=O) groups is 2. The van der Waals surface area contributed by atoms with Crippen LogP contribution >= 0.6 is 11.8 Å². The van der Waals surface area contributed by atoms with Crippen molar-refractivity contribution < 1.29 is 14.3 Å². The van der Waals surface area contributed by atoms with Crippen molar-refractivity contribution in [3.8, 4) is 5.75 Å². The number of rotatable bonds is 3. The average molecular weight is 362 g/mol. The van der Waals surface area contributed by atoms with Crippen molar-refractivity contribution in [2.75, 3.05) is 32.5 Å². The van der Waals surface area contributed by atoms with Gasteiger partial charge in [0.25, 0.3) is 5.91 Å². The number of likely N-dealkylation sites (tertiary alicyclic amines) is 1. The fourth-order valence-electron chi connectivity index (χ4n) is 3.64. The van der Waals surface area contributed by atoms with Crippen LogP contribution in [0.2, 0.25) is 0 Å². The van der Waals surface area contributed by atoms with Crippen molar-refractivity contribution in [1.82, 2.24) is 9.80 Å². The van der Waals surface area contributed by atoms with Crippen LogP contribution in [0, 0.1) is 5.92 Å². The molecule has 2 aliphatic rings. The van der Waals surface area contributed by atoms with Gasteiger partial charge in [-0.05, 0) is 37.1 Å². The van der Waals surface area contributed by atoms with E-state index in [0.717, 1.165) is 44.0 Å². The van der Waals surface area contributed by atoms with Gasteiger partial charge < -0.3 is 14.5 Å². The molecule has 2 amide bonds. The van der Waals surface area contributed by atoms with Crippen LogP contribution in [0.1, 0.15) is 37.0 Å². The third-order valence-corrected chi connectivity index (χ3v) is 6.66. The summed E-state index contributed by atoms with van der Waals surface area (Å²) >= 11 is 1.87. The quantitative estimate of drug-likeness (QED) is 0.830. The zero-order chi connectivity index (χ0) is 18.0. The van der Waals surface area contributed by atoms with E-state index >= 15 is 0 Å². The molecule has 25 heavy (non-hydrogen) atoms. The Labute approximate surface area is 153 Å². The summed E-state index contributed by atoms with van der Waals surface area (Å²) in [5, 5.41) is 0. The molecule has 0 saturated carbocycles. The van der Waals surface area contributed by atoms with E-state index in [1.165, 1.54) is 0 Å². The summed E-state index contributed by atoms with van der Waals surface area (Å²) in [6, 6.07) is 7.31. The summed E-state index contributed by atoms with van der Waals surface area (Å²) in [7, 11) is 1.62. The Morgan fingerprint density at radius 2 is 1.76 bits per heavy atom. The third-order valence-electron chi connectivity index (χ3n) is 5.11. The van der Waals surface area contributed by atoms with Crippen LogP contribution in [0.15, 0.2) is 24.3 Å². The highest BCUT2D eigenvalue weighted by molar-refractivity contribution is 8.00. The summed E-state index contributed by atoms with van der Waals surface area (Å²) in [6.07, 6.45) is 1.69. The molecule has 2 fully saturated rings. The predicted octanol–water partition coefficient (Wildman–Crippen LogP) is 2.86. The molecule has 1 spiro atoms. The second-order valence-electron chi connectivity index (χ2n) is 6.96. The highest BCUT2D eigenvalue weighted by atomic mass is 32.2. The highest BCUT2D eigenvalue weighted by Crippen LogP contribution is 2.44. The summed E-state index contributed by atoms with van der Waals surface area (Å²) in [4.78, 5) is 29.1. The maximum absolute atomic E-state index is 13.0. The fourth-order valence-corrected chi connectivity index (χ4v) is 5.10. The van der Waals surface area contributed by atoms with Gasteiger partial charge in [-0.1, -0.05) is 13.8 Å². The number of methoxy groups -OCH3 is 1. The minimum Gasteiger partial charge on any atom is -0.497 e. The van der Waals surface area contributed by atoms with Crippen LogP contribution in [0.25, 0.3) is 0 Å². The van der Waals surface area contributed by atoms with Crippen molar-refractivity contribution in [3.05, 3.63) is 29.8 Å². The Hall–Kier alpha value is -1.69. The SMILES string of the molecule is COc1ccc(C(=O)N2CCSC23CCN(C(=O)C(C)C)CC3)cc1. The number of benzene rings is 1. The molecule has 2 aliphatic heterocycles. The molecule has 0 aromatic heterocycles. The molecule has 0 unspecified atom stereocenters. The van der Waals surface area contributed by atoms with Crippen molar-refractivity contribution in [2.24, 2.45) is 5.92 Å². The second kappa shape index (κ2) is 7.28. The van der Waals surface area contributed by atoms with E-state index < -0.39 is 0 Å². The number of nitrogens with zero attached hydrogens (tertiary/aromatic N) is 2. The van der Waals surface area contributed by atoms with Crippen LogP contribution < -0.4 is 4.74 Å². The molecule has 6 heteroatoms. The number of thioether (sulfide) groups is 1. The molecule has 0 bridgehead atoms. The lowest BCUT2D eigenvalue weighted by Gasteiger charge is -2.44. The monoisotopic (exact) mass is 362 g/mol. The van der Waals surface area contributed by atoms with Gasteiger partial charge in [-0.3, -0.25) is 9.59 Å². The van der Waals surface area contributed by atoms with Gasteiger partial charge >= 0.3 is 0 Å².